The molecule has 4 N–H and O–H groups in total. The number of sulfonamides is 1. The number of hydrogen-bond donors (Lipinski definition) is 4. The highest BCUT2D eigenvalue weighted by molar-refractivity contribution is 7.92. The maximum Gasteiger partial charge on any atom is 0.251 e. The Morgan fingerprint density at radius 3 is 2.58 bits per heavy atom. The lowest BCUT2D eigenvalue weighted by Crippen LogP contribution is -2.48. The molecule has 1 saturated heterocycles. The number of aryl methyl sites for hydroxylation is 1. The number of nitrogens with zero attached hydrogens (tertiary/aromatic N) is 1. The Bertz CT molecular complexity index is 1360. The number of aliphatic hydroxyl groups is 1. The summed E-state index contributed by atoms with van der Waals surface area (Å²) in [6.07, 6.45) is 2.02. The Morgan fingerprint density at radius 1 is 1.07 bits per heavy atom. The predicted molar refractivity (Wildman–Crippen MR) is 164 cm³/mol. The van der Waals surface area contributed by atoms with Gasteiger partial charge in [0.25, 0.3) is 5.91 Å². The van der Waals surface area contributed by atoms with E-state index in [9.17, 15) is 18.3 Å². The second-order valence-corrected chi connectivity index (χ2v) is 13.1. The second-order valence-electron chi connectivity index (χ2n) is 10.1. The van der Waals surface area contributed by atoms with Gasteiger partial charge >= 0.3 is 0 Å². The number of amides is 1. The molecule has 1 fully saturated rings. The van der Waals surface area contributed by atoms with Crippen LogP contribution in [0.15, 0.2) is 60.0 Å². The highest BCUT2D eigenvalue weighted by Gasteiger charge is 2.28. The van der Waals surface area contributed by atoms with Gasteiger partial charge in [-0.2, -0.15) is 0 Å². The molecule has 2 heterocycles. The maximum atomic E-state index is 13.6. The molecule has 0 aliphatic carbocycles. The molecule has 1 amide bonds. The topological polar surface area (TPSA) is 111 Å². The fourth-order valence-electron chi connectivity index (χ4n) is 4.86. The number of anilines is 2. The van der Waals surface area contributed by atoms with E-state index in [1.807, 2.05) is 37.3 Å². The van der Waals surface area contributed by atoms with Gasteiger partial charge in [0.05, 0.1) is 23.6 Å². The minimum Gasteiger partial charge on any atom is -0.390 e. The van der Waals surface area contributed by atoms with Crippen LogP contribution in [-0.2, 0) is 29.4 Å². The van der Waals surface area contributed by atoms with Crippen molar-refractivity contribution in [1.29, 1.82) is 0 Å². The summed E-state index contributed by atoms with van der Waals surface area (Å²) < 4.78 is 27.0. The Kier molecular flexibility index (Phi) is 10.6. The number of carbonyl (C=O) groups excluding carboxylic acids is 1. The lowest BCUT2D eigenvalue weighted by atomic mass is 10.00. The van der Waals surface area contributed by atoms with Crippen LogP contribution < -0.4 is 20.3 Å². The molecule has 3 aromatic rings. The van der Waals surface area contributed by atoms with Crippen LogP contribution in [0.3, 0.4) is 0 Å². The van der Waals surface area contributed by atoms with E-state index >= 15 is 0 Å². The van der Waals surface area contributed by atoms with Crippen molar-refractivity contribution in [2.45, 2.75) is 58.2 Å². The van der Waals surface area contributed by atoms with E-state index < -0.39 is 22.2 Å². The lowest BCUT2D eigenvalue weighted by molar-refractivity contribution is 0.0830. The first kappa shape index (κ1) is 30.0. The summed E-state index contributed by atoms with van der Waals surface area (Å²) >= 11 is 1.70. The first-order chi connectivity index (χ1) is 19.3. The van der Waals surface area contributed by atoms with Crippen molar-refractivity contribution in [2.24, 2.45) is 0 Å². The Labute approximate surface area is 241 Å². The van der Waals surface area contributed by atoms with E-state index in [4.69, 9.17) is 0 Å². The van der Waals surface area contributed by atoms with Crippen LogP contribution >= 0.6 is 11.3 Å². The maximum absolute atomic E-state index is 13.6. The molecular formula is C30H40N4O4S2. The molecule has 216 valence electrons. The van der Waals surface area contributed by atoms with E-state index in [0.29, 0.717) is 56.0 Å². The van der Waals surface area contributed by atoms with Gasteiger partial charge in [-0.3, -0.25) is 9.10 Å². The molecule has 0 spiro atoms. The van der Waals surface area contributed by atoms with Gasteiger partial charge in [-0.25, -0.2) is 8.42 Å². The van der Waals surface area contributed by atoms with E-state index in [1.54, 1.807) is 29.5 Å². The van der Waals surface area contributed by atoms with Crippen molar-refractivity contribution >= 4 is 38.6 Å². The Hall–Kier alpha value is -2.92. The fourth-order valence-corrected chi connectivity index (χ4v) is 7.43. The monoisotopic (exact) mass is 584 g/mol. The van der Waals surface area contributed by atoms with Crippen LogP contribution in [0.4, 0.5) is 11.4 Å². The van der Waals surface area contributed by atoms with Crippen molar-refractivity contribution in [3.05, 3.63) is 81.5 Å². The summed E-state index contributed by atoms with van der Waals surface area (Å²) in [5, 5.41) is 22.9. The third-order valence-corrected chi connectivity index (χ3v) is 9.90. The smallest absolute Gasteiger partial charge is 0.251 e. The molecule has 1 aliphatic rings. The SMILES string of the molecule is CCNc1cc(C(=O)N[C@@H](Cc2ccccc2)[C@H](O)CNCc2cc(CC)cs2)cc(N2CCCCS2(=O)=O)c1. The minimum atomic E-state index is -3.44. The zero-order chi connectivity index (χ0) is 28.5. The molecular weight excluding hydrogens is 544 g/mol. The largest absolute Gasteiger partial charge is 0.390 e. The molecule has 10 heteroatoms. The normalized spacial score (nSPS) is 16.3. The van der Waals surface area contributed by atoms with Crippen LogP contribution in [0.2, 0.25) is 0 Å². The molecule has 0 radical (unpaired) electrons. The zero-order valence-corrected chi connectivity index (χ0v) is 24.9. The third kappa shape index (κ3) is 8.06. The van der Waals surface area contributed by atoms with Crippen LogP contribution in [0.5, 0.6) is 0 Å². The van der Waals surface area contributed by atoms with Gasteiger partial charge in [0, 0.05) is 42.3 Å². The summed E-state index contributed by atoms with van der Waals surface area (Å²) in [5.74, 6) is -0.259. The molecule has 40 heavy (non-hydrogen) atoms. The number of carbonyl (C=O) groups is 1. The second kappa shape index (κ2) is 14.1. The molecule has 2 atom stereocenters. The highest BCUT2D eigenvalue weighted by Crippen LogP contribution is 2.28. The van der Waals surface area contributed by atoms with Crippen LogP contribution in [0.1, 0.15) is 53.1 Å². The van der Waals surface area contributed by atoms with E-state index in [-0.39, 0.29) is 11.7 Å². The molecule has 0 unspecified atom stereocenters. The molecule has 8 nitrogen and oxygen atoms in total. The van der Waals surface area contributed by atoms with E-state index in [0.717, 1.165) is 18.4 Å². The Morgan fingerprint density at radius 2 is 1.88 bits per heavy atom. The number of hydrogen-bond acceptors (Lipinski definition) is 7. The first-order valence-corrected chi connectivity index (χ1v) is 16.5. The van der Waals surface area contributed by atoms with Crippen molar-refractivity contribution in [3.63, 3.8) is 0 Å². The van der Waals surface area contributed by atoms with Gasteiger partial charge in [0.15, 0.2) is 0 Å². The van der Waals surface area contributed by atoms with Gasteiger partial charge in [-0.05, 0) is 73.4 Å². The fraction of sp³-hybridized carbons (Fsp3) is 0.433. The molecule has 0 bridgehead atoms. The summed E-state index contributed by atoms with van der Waals surface area (Å²) in [6.45, 7) is 6.05. The van der Waals surface area contributed by atoms with Crippen LogP contribution in [-0.4, -0.2) is 57.0 Å². The number of thiophene rings is 1. The Balaban J connectivity index is 1.52. The molecule has 0 saturated carbocycles. The molecule has 1 aromatic heterocycles. The highest BCUT2D eigenvalue weighted by atomic mass is 32.2. The molecule has 2 aromatic carbocycles. The average molecular weight is 585 g/mol. The number of rotatable bonds is 13. The lowest BCUT2D eigenvalue weighted by Gasteiger charge is -2.29. The summed E-state index contributed by atoms with van der Waals surface area (Å²) in [5.41, 5.74) is 3.80. The van der Waals surface area contributed by atoms with Gasteiger partial charge in [-0.1, -0.05) is 37.3 Å². The van der Waals surface area contributed by atoms with Crippen molar-refractivity contribution in [3.8, 4) is 0 Å². The standard InChI is InChI=1S/C30H40N4O4S2/c1-3-22-14-27(39-21-22)19-31-20-29(35)28(15-23-10-6-5-7-11-23)33-30(36)24-16-25(32-4-2)18-26(17-24)34-12-8-9-13-40(34,37)38/h5-7,10-11,14,16-18,21,28-29,31-32,35H,3-4,8-9,12-13,15,19-20H2,1-2H3,(H,33,36)/t28-,29+/m0/s1. The van der Waals surface area contributed by atoms with Crippen molar-refractivity contribution < 1.29 is 18.3 Å². The number of benzene rings is 2. The van der Waals surface area contributed by atoms with Gasteiger partial charge in [0.2, 0.25) is 10.0 Å². The number of nitrogens with one attached hydrogen (secondary N) is 3. The summed E-state index contributed by atoms with van der Waals surface area (Å²) in [7, 11) is -3.44. The van der Waals surface area contributed by atoms with Crippen LogP contribution in [0.25, 0.3) is 0 Å². The van der Waals surface area contributed by atoms with Crippen molar-refractivity contribution in [1.82, 2.24) is 10.6 Å². The van der Waals surface area contributed by atoms with Gasteiger partial charge in [0.1, 0.15) is 0 Å². The average Bonchev–Trinajstić information content (AvgIpc) is 3.41. The molecule has 4 rings (SSSR count). The van der Waals surface area contributed by atoms with Gasteiger partial charge < -0.3 is 21.1 Å². The third-order valence-electron chi connectivity index (χ3n) is 7.05. The molecule has 1 aliphatic heterocycles. The first-order valence-electron chi connectivity index (χ1n) is 14.0. The van der Waals surface area contributed by atoms with E-state index in [1.165, 1.54) is 14.7 Å². The quantitative estimate of drug-likeness (QED) is 0.240. The summed E-state index contributed by atoms with van der Waals surface area (Å²) in [6, 6.07) is 16.5. The van der Waals surface area contributed by atoms with Crippen LogP contribution in [0, 0.1) is 0 Å². The van der Waals surface area contributed by atoms with E-state index in [2.05, 4.69) is 34.3 Å². The predicted octanol–water partition coefficient (Wildman–Crippen LogP) is 4.16. The van der Waals surface area contributed by atoms with Gasteiger partial charge in [-0.15, -0.1) is 11.3 Å². The zero-order valence-electron chi connectivity index (χ0n) is 23.2. The summed E-state index contributed by atoms with van der Waals surface area (Å²) in [4.78, 5) is 14.8. The van der Waals surface area contributed by atoms with Crippen molar-refractivity contribution in [2.75, 3.05) is 35.0 Å². The number of aliphatic hydroxyl groups excluding tert-OH is 1. The minimum absolute atomic E-state index is 0.101.